The van der Waals surface area contributed by atoms with Crippen LogP contribution in [0.15, 0.2) is 53.6 Å². The largest absolute Gasteiger partial charge is 0.416 e. The van der Waals surface area contributed by atoms with E-state index in [1.807, 2.05) is 0 Å². The summed E-state index contributed by atoms with van der Waals surface area (Å²) in [6.07, 6.45) is -2.68. The minimum absolute atomic E-state index is 0.0561. The highest BCUT2D eigenvalue weighted by Gasteiger charge is 2.44. The van der Waals surface area contributed by atoms with Crippen LogP contribution in [0, 0.1) is 11.7 Å². The van der Waals surface area contributed by atoms with E-state index in [0.717, 1.165) is 23.9 Å². The van der Waals surface area contributed by atoms with E-state index in [4.69, 9.17) is 0 Å². The molecule has 0 aromatic heterocycles. The number of hydrogen-bond donors (Lipinski definition) is 1. The molecule has 0 saturated heterocycles. The first-order valence-electron chi connectivity index (χ1n) is 7.60. The van der Waals surface area contributed by atoms with Gasteiger partial charge in [-0.3, -0.25) is 4.79 Å². The molecule has 0 aliphatic heterocycles. The second kappa shape index (κ2) is 6.66. The van der Waals surface area contributed by atoms with Gasteiger partial charge in [0.2, 0.25) is 5.91 Å². The molecule has 2 aromatic rings. The predicted molar refractivity (Wildman–Crippen MR) is 84.4 cm³/mol. The van der Waals surface area contributed by atoms with Crippen LogP contribution in [0.1, 0.15) is 29.0 Å². The number of rotatable bonds is 4. The average Bonchev–Trinajstić information content (AvgIpc) is 3.35. The van der Waals surface area contributed by atoms with Gasteiger partial charge in [-0.15, -0.1) is 0 Å². The van der Waals surface area contributed by atoms with Gasteiger partial charge in [0.05, 0.1) is 11.8 Å². The van der Waals surface area contributed by atoms with Crippen molar-refractivity contribution in [3.63, 3.8) is 0 Å². The first-order valence-corrected chi connectivity index (χ1v) is 7.60. The number of halogens is 4. The van der Waals surface area contributed by atoms with E-state index in [1.165, 1.54) is 24.3 Å². The van der Waals surface area contributed by atoms with Crippen LogP contribution in [0.5, 0.6) is 0 Å². The zero-order valence-electron chi connectivity index (χ0n) is 12.9. The number of alkyl halides is 3. The van der Waals surface area contributed by atoms with Crippen LogP contribution in [0.3, 0.4) is 0 Å². The summed E-state index contributed by atoms with van der Waals surface area (Å²) >= 11 is 0. The molecule has 2 atom stereocenters. The lowest BCUT2D eigenvalue weighted by Gasteiger charge is -2.06. The van der Waals surface area contributed by atoms with Crippen molar-refractivity contribution in [3.8, 4) is 0 Å². The first kappa shape index (κ1) is 17.1. The van der Waals surface area contributed by atoms with Crippen molar-refractivity contribution in [2.75, 3.05) is 0 Å². The van der Waals surface area contributed by atoms with Crippen molar-refractivity contribution in [2.24, 2.45) is 11.0 Å². The van der Waals surface area contributed by atoms with Gasteiger partial charge in [-0.05, 0) is 47.7 Å². The van der Waals surface area contributed by atoms with Crippen molar-refractivity contribution in [1.82, 2.24) is 5.43 Å². The average molecular weight is 350 g/mol. The highest BCUT2D eigenvalue weighted by Crippen LogP contribution is 2.47. The zero-order valence-corrected chi connectivity index (χ0v) is 12.9. The van der Waals surface area contributed by atoms with E-state index < -0.39 is 11.7 Å². The Morgan fingerprint density at radius 2 is 1.92 bits per heavy atom. The highest BCUT2D eigenvalue weighted by atomic mass is 19.4. The van der Waals surface area contributed by atoms with E-state index in [2.05, 4.69) is 10.5 Å². The molecule has 1 saturated carbocycles. The number of amides is 1. The molecule has 0 heterocycles. The number of carbonyl (C=O) groups excluding carboxylic acids is 1. The Bertz CT molecular complexity index is 817. The molecule has 2 aromatic carbocycles. The van der Waals surface area contributed by atoms with Gasteiger partial charge in [-0.2, -0.15) is 18.3 Å². The maximum absolute atomic E-state index is 13.2. The van der Waals surface area contributed by atoms with Gasteiger partial charge in [-0.1, -0.05) is 24.3 Å². The summed E-state index contributed by atoms with van der Waals surface area (Å²) < 4.78 is 51.1. The third-order valence-corrected chi connectivity index (χ3v) is 4.01. The molecule has 1 amide bonds. The van der Waals surface area contributed by atoms with E-state index in [-0.39, 0.29) is 29.1 Å². The Balaban J connectivity index is 1.57. The van der Waals surface area contributed by atoms with E-state index >= 15 is 0 Å². The number of hydrazone groups is 1. The Morgan fingerprint density at radius 3 is 2.64 bits per heavy atom. The highest BCUT2D eigenvalue weighted by molar-refractivity contribution is 5.85. The monoisotopic (exact) mass is 350 g/mol. The summed E-state index contributed by atoms with van der Waals surface area (Å²) in [5.41, 5.74) is 2.52. The molecule has 7 heteroatoms. The SMILES string of the molecule is O=C(N/N=C/c1cccc(C(F)(F)F)c1)C1CC1c1cccc(F)c1. The Labute approximate surface area is 141 Å². The normalized spacial score (nSPS) is 19.8. The number of hydrogen-bond acceptors (Lipinski definition) is 2. The van der Waals surface area contributed by atoms with Crippen LogP contribution in [0.2, 0.25) is 0 Å². The Kier molecular flexibility index (Phi) is 4.57. The lowest BCUT2D eigenvalue weighted by molar-refractivity contribution is -0.137. The maximum Gasteiger partial charge on any atom is 0.416 e. The number of carbonyl (C=O) groups is 1. The van der Waals surface area contributed by atoms with Crippen molar-refractivity contribution in [2.45, 2.75) is 18.5 Å². The van der Waals surface area contributed by atoms with Crippen LogP contribution in [0.25, 0.3) is 0 Å². The van der Waals surface area contributed by atoms with E-state index in [1.54, 1.807) is 12.1 Å². The molecule has 130 valence electrons. The second-order valence-electron chi connectivity index (χ2n) is 5.86. The predicted octanol–water partition coefficient (Wildman–Crippen LogP) is 4.10. The van der Waals surface area contributed by atoms with Gasteiger partial charge in [-0.25, -0.2) is 9.82 Å². The topological polar surface area (TPSA) is 41.5 Å². The summed E-state index contributed by atoms with van der Waals surface area (Å²) in [7, 11) is 0. The van der Waals surface area contributed by atoms with Crippen LogP contribution < -0.4 is 5.43 Å². The molecule has 1 N–H and O–H groups in total. The molecule has 0 bridgehead atoms. The molecular weight excluding hydrogens is 336 g/mol. The summed E-state index contributed by atoms with van der Waals surface area (Å²) in [5, 5.41) is 3.71. The fraction of sp³-hybridized carbons (Fsp3) is 0.222. The first-order chi connectivity index (χ1) is 11.8. The minimum Gasteiger partial charge on any atom is -0.273 e. The summed E-state index contributed by atoms with van der Waals surface area (Å²) in [4.78, 5) is 12.0. The number of nitrogens with one attached hydrogen (secondary N) is 1. The smallest absolute Gasteiger partial charge is 0.273 e. The molecule has 3 rings (SSSR count). The maximum atomic E-state index is 13.2. The van der Waals surface area contributed by atoms with Crippen LogP contribution in [-0.2, 0) is 11.0 Å². The lowest BCUT2D eigenvalue weighted by Crippen LogP contribution is -2.20. The quantitative estimate of drug-likeness (QED) is 0.503. The molecular formula is C18H14F4N2O. The number of nitrogens with zero attached hydrogens (tertiary/aromatic N) is 1. The lowest BCUT2D eigenvalue weighted by atomic mass is 10.1. The van der Waals surface area contributed by atoms with Crippen LogP contribution in [-0.4, -0.2) is 12.1 Å². The molecule has 3 nitrogen and oxygen atoms in total. The van der Waals surface area contributed by atoms with Gasteiger partial charge in [0.25, 0.3) is 0 Å². The third-order valence-electron chi connectivity index (χ3n) is 4.01. The molecule has 0 spiro atoms. The van der Waals surface area contributed by atoms with Gasteiger partial charge in [0.1, 0.15) is 5.82 Å². The third kappa shape index (κ3) is 4.23. The Morgan fingerprint density at radius 1 is 1.16 bits per heavy atom. The summed E-state index contributed by atoms with van der Waals surface area (Å²) in [5.74, 6) is -1.05. The molecule has 25 heavy (non-hydrogen) atoms. The molecule has 0 radical (unpaired) electrons. The molecule has 1 fully saturated rings. The minimum atomic E-state index is -4.43. The summed E-state index contributed by atoms with van der Waals surface area (Å²) in [6.45, 7) is 0. The van der Waals surface area contributed by atoms with E-state index in [9.17, 15) is 22.4 Å². The number of benzene rings is 2. The van der Waals surface area contributed by atoms with Crippen molar-refractivity contribution >= 4 is 12.1 Å². The standard InChI is InChI=1S/C18H14F4N2O/c19-14-6-2-4-12(8-14)15-9-16(15)17(25)24-23-10-11-3-1-5-13(7-11)18(20,21)22/h1-8,10,15-16H,9H2,(H,24,25)/b23-10+. The van der Waals surface area contributed by atoms with Gasteiger partial charge < -0.3 is 0 Å². The zero-order chi connectivity index (χ0) is 18.0. The van der Waals surface area contributed by atoms with Crippen molar-refractivity contribution < 1.29 is 22.4 Å². The fourth-order valence-electron chi connectivity index (χ4n) is 2.64. The second-order valence-corrected chi connectivity index (χ2v) is 5.86. The van der Waals surface area contributed by atoms with E-state index in [0.29, 0.717) is 6.42 Å². The molecule has 1 aliphatic rings. The Hall–Kier alpha value is -2.70. The fourth-order valence-corrected chi connectivity index (χ4v) is 2.64. The summed E-state index contributed by atoms with van der Waals surface area (Å²) in [6, 6.07) is 10.7. The molecule has 1 aliphatic carbocycles. The van der Waals surface area contributed by atoms with Crippen molar-refractivity contribution in [1.29, 1.82) is 0 Å². The van der Waals surface area contributed by atoms with Crippen LogP contribution in [0.4, 0.5) is 17.6 Å². The van der Waals surface area contributed by atoms with Crippen LogP contribution >= 0.6 is 0 Å². The van der Waals surface area contributed by atoms with Gasteiger partial charge in [0, 0.05) is 5.92 Å². The molecule has 2 unspecified atom stereocenters. The van der Waals surface area contributed by atoms with Gasteiger partial charge in [0.15, 0.2) is 0 Å². The van der Waals surface area contributed by atoms with Crippen molar-refractivity contribution in [3.05, 3.63) is 71.0 Å². The van der Waals surface area contributed by atoms with Gasteiger partial charge >= 0.3 is 6.18 Å².